The van der Waals surface area contributed by atoms with Crippen LogP contribution in [-0.2, 0) is 9.84 Å². The van der Waals surface area contributed by atoms with Crippen LogP contribution in [0.1, 0.15) is 68.5 Å². The lowest BCUT2D eigenvalue weighted by Gasteiger charge is -2.26. The number of pyridine rings is 1. The number of fused-ring (bicyclic) bond motifs is 1. The number of rotatable bonds is 6. The largest absolute Gasteiger partial charge is 0.343 e. The first-order chi connectivity index (χ1) is 14.1. The number of benzene rings is 1. The van der Waals surface area contributed by atoms with Gasteiger partial charge in [0.2, 0.25) is 0 Å². The number of sulfone groups is 1. The average molecular weight is 409 g/mol. The van der Waals surface area contributed by atoms with E-state index in [-0.39, 0.29) is 11.2 Å². The van der Waals surface area contributed by atoms with Crippen LogP contribution in [0.5, 0.6) is 0 Å². The Labute approximate surface area is 172 Å². The molecule has 0 saturated heterocycles. The van der Waals surface area contributed by atoms with Crippen molar-refractivity contribution in [1.29, 1.82) is 0 Å². The third kappa shape index (κ3) is 3.85. The van der Waals surface area contributed by atoms with E-state index in [4.69, 9.17) is 0 Å². The van der Waals surface area contributed by atoms with Gasteiger partial charge >= 0.3 is 0 Å². The number of nitrogens with zero attached hydrogens (tertiary/aromatic N) is 1. The molecule has 1 aromatic carbocycles. The summed E-state index contributed by atoms with van der Waals surface area (Å²) >= 11 is 0. The van der Waals surface area contributed by atoms with Gasteiger partial charge in [0.1, 0.15) is 5.65 Å². The van der Waals surface area contributed by atoms with E-state index in [2.05, 4.69) is 22.1 Å². The van der Waals surface area contributed by atoms with Gasteiger partial charge in [-0.25, -0.2) is 13.4 Å². The van der Waals surface area contributed by atoms with Crippen LogP contribution < -0.4 is 0 Å². The molecule has 4 nitrogen and oxygen atoms in total. The summed E-state index contributed by atoms with van der Waals surface area (Å²) in [5.41, 5.74) is 3.29. The summed E-state index contributed by atoms with van der Waals surface area (Å²) in [6.07, 6.45) is 11.1. The molecule has 2 aliphatic rings. The molecule has 2 aromatic heterocycles. The molecule has 0 bridgehead atoms. The van der Waals surface area contributed by atoms with Gasteiger partial charge in [0.15, 0.2) is 9.84 Å². The van der Waals surface area contributed by atoms with Crippen LogP contribution in [0.15, 0.2) is 53.6 Å². The van der Waals surface area contributed by atoms with Crippen molar-refractivity contribution in [2.24, 2.45) is 5.92 Å². The SMILES string of the molecule is O=S(=O)(c1ccc(C(CC2CCCCC2)c2cc3cccnc3[nH]2)cc1)C1CC1. The third-order valence-electron chi connectivity index (χ3n) is 6.66. The fourth-order valence-corrected chi connectivity index (χ4v) is 6.48. The maximum atomic E-state index is 12.6. The number of aromatic amines is 1. The van der Waals surface area contributed by atoms with Crippen LogP contribution in [0, 0.1) is 5.92 Å². The number of hydrogen-bond donors (Lipinski definition) is 1. The van der Waals surface area contributed by atoms with Crippen LogP contribution in [-0.4, -0.2) is 23.6 Å². The van der Waals surface area contributed by atoms with Crippen LogP contribution >= 0.6 is 0 Å². The second-order valence-corrected chi connectivity index (χ2v) is 11.0. The van der Waals surface area contributed by atoms with Gasteiger partial charge in [0.25, 0.3) is 0 Å². The van der Waals surface area contributed by atoms with Gasteiger partial charge in [-0.15, -0.1) is 0 Å². The summed E-state index contributed by atoms with van der Waals surface area (Å²) in [6.45, 7) is 0. The second kappa shape index (κ2) is 7.60. The van der Waals surface area contributed by atoms with Crippen LogP contribution in [0.4, 0.5) is 0 Å². The highest BCUT2D eigenvalue weighted by molar-refractivity contribution is 7.92. The van der Waals surface area contributed by atoms with E-state index in [9.17, 15) is 8.42 Å². The summed E-state index contributed by atoms with van der Waals surface area (Å²) in [5, 5.41) is 0.968. The summed E-state index contributed by atoms with van der Waals surface area (Å²) in [7, 11) is -3.14. The lowest BCUT2D eigenvalue weighted by Crippen LogP contribution is -2.13. The fourth-order valence-electron chi connectivity index (χ4n) is 4.83. The molecule has 0 radical (unpaired) electrons. The minimum Gasteiger partial charge on any atom is -0.343 e. The number of aromatic nitrogens is 2. The number of hydrogen-bond acceptors (Lipinski definition) is 3. The predicted octanol–water partition coefficient (Wildman–Crippen LogP) is 5.60. The first kappa shape index (κ1) is 18.9. The average Bonchev–Trinajstić information content (AvgIpc) is 3.53. The second-order valence-electron chi connectivity index (χ2n) is 8.77. The van der Waals surface area contributed by atoms with E-state index < -0.39 is 9.84 Å². The van der Waals surface area contributed by atoms with Crippen LogP contribution in [0.3, 0.4) is 0 Å². The summed E-state index contributed by atoms with van der Waals surface area (Å²) in [4.78, 5) is 8.46. The van der Waals surface area contributed by atoms with E-state index >= 15 is 0 Å². The van der Waals surface area contributed by atoms with Crippen molar-refractivity contribution < 1.29 is 8.42 Å². The highest BCUT2D eigenvalue weighted by Crippen LogP contribution is 2.39. The van der Waals surface area contributed by atoms with Crippen molar-refractivity contribution in [3.63, 3.8) is 0 Å². The standard InChI is InChI=1S/C24H28N2O2S/c27-29(28,21-12-13-21)20-10-8-18(9-11-20)22(15-17-5-2-1-3-6-17)23-16-19-7-4-14-25-24(19)26-23/h4,7-11,14,16-17,21-22H,1-3,5-6,12-13,15H2,(H,25,26). The molecular formula is C24H28N2O2S. The van der Waals surface area contributed by atoms with Gasteiger partial charge < -0.3 is 4.98 Å². The maximum absolute atomic E-state index is 12.6. The molecule has 5 heteroatoms. The monoisotopic (exact) mass is 408 g/mol. The van der Waals surface area contributed by atoms with E-state index in [0.29, 0.717) is 4.90 Å². The highest BCUT2D eigenvalue weighted by atomic mass is 32.2. The van der Waals surface area contributed by atoms with Gasteiger partial charge in [-0.3, -0.25) is 0 Å². The lowest BCUT2D eigenvalue weighted by molar-refractivity contribution is 0.326. The van der Waals surface area contributed by atoms with Crippen molar-refractivity contribution in [2.45, 2.75) is 67.4 Å². The Hall–Kier alpha value is -2.14. The zero-order valence-corrected chi connectivity index (χ0v) is 17.5. The van der Waals surface area contributed by atoms with Gasteiger partial charge in [-0.05, 0) is 61.1 Å². The Bertz CT molecular complexity index is 1060. The fraction of sp³-hybridized carbons (Fsp3) is 0.458. The Morgan fingerprint density at radius 2 is 1.76 bits per heavy atom. The molecule has 1 N–H and O–H groups in total. The molecular weight excluding hydrogens is 380 g/mol. The summed E-state index contributed by atoms with van der Waals surface area (Å²) < 4.78 is 25.1. The first-order valence-corrected chi connectivity index (χ1v) is 12.4. The Kier molecular flexibility index (Phi) is 4.94. The lowest BCUT2D eigenvalue weighted by atomic mass is 9.79. The molecule has 5 rings (SSSR count). The van der Waals surface area contributed by atoms with Crippen molar-refractivity contribution in [3.8, 4) is 0 Å². The first-order valence-electron chi connectivity index (χ1n) is 10.9. The minimum atomic E-state index is -3.14. The van der Waals surface area contributed by atoms with Crippen LogP contribution in [0.25, 0.3) is 11.0 Å². The Morgan fingerprint density at radius 3 is 2.45 bits per heavy atom. The Morgan fingerprint density at radius 1 is 1.00 bits per heavy atom. The van der Waals surface area contributed by atoms with E-state index in [0.717, 1.165) is 36.2 Å². The molecule has 2 saturated carbocycles. The smallest absolute Gasteiger partial charge is 0.181 e. The van der Waals surface area contributed by atoms with Crippen molar-refractivity contribution in [1.82, 2.24) is 9.97 Å². The molecule has 0 aliphatic heterocycles. The van der Waals surface area contributed by atoms with Crippen molar-refractivity contribution in [3.05, 3.63) is 59.9 Å². The zero-order chi connectivity index (χ0) is 19.8. The van der Waals surface area contributed by atoms with Crippen molar-refractivity contribution in [2.75, 3.05) is 0 Å². The van der Waals surface area contributed by atoms with Gasteiger partial charge in [-0.2, -0.15) is 0 Å². The molecule has 3 aromatic rings. The molecule has 2 aliphatic carbocycles. The van der Waals surface area contributed by atoms with E-state index in [1.165, 1.54) is 43.4 Å². The molecule has 2 heterocycles. The van der Waals surface area contributed by atoms with Crippen LogP contribution in [0.2, 0.25) is 0 Å². The quantitative estimate of drug-likeness (QED) is 0.577. The summed E-state index contributed by atoms with van der Waals surface area (Å²) in [6, 6.07) is 14.0. The van der Waals surface area contributed by atoms with Gasteiger partial charge in [-0.1, -0.05) is 44.2 Å². The molecule has 29 heavy (non-hydrogen) atoms. The molecule has 1 unspecified atom stereocenters. The highest BCUT2D eigenvalue weighted by Gasteiger charge is 2.36. The molecule has 2 fully saturated rings. The maximum Gasteiger partial charge on any atom is 0.181 e. The Balaban J connectivity index is 1.48. The number of nitrogens with one attached hydrogen (secondary N) is 1. The van der Waals surface area contributed by atoms with Gasteiger partial charge in [0, 0.05) is 23.2 Å². The van der Waals surface area contributed by atoms with E-state index in [1.54, 1.807) is 0 Å². The topological polar surface area (TPSA) is 62.8 Å². The summed E-state index contributed by atoms with van der Waals surface area (Å²) in [5.74, 6) is 0.966. The number of H-pyrrole nitrogens is 1. The molecule has 152 valence electrons. The predicted molar refractivity (Wildman–Crippen MR) is 116 cm³/mol. The van der Waals surface area contributed by atoms with Gasteiger partial charge in [0.05, 0.1) is 10.1 Å². The van der Waals surface area contributed by atoms with Crippen molar-refractivity contribution >= 4 is 20.9 Å². The molecule has 0 spiro atoms. The molecule has 0 amide bonds. The van der Waals surface area contributed by atoms with E-state index in [1.807, 2.05) is 36.5 Å². The third-order valence-corrected chi connectivity index (χ3v) is 8.93. The zero-order valence-electron chi connectivity index (χ0n) is 16.7. The minimum absolute atomic E-state index is 0.161. The normalized spacial score (nSPS) is 19.4. The molecule has 1 atom stereocenters.